The van der Waals surface area contributed by atoms with E-state index in [0.717, 1.165) is 30.1 Å². The molecule has 3 rings (SSSR count). The van der Waals surface area contributed by atoms with Crippen LogP contribution in [0.4, 0.5) is 11.4 Å². The summed E-state index contributed by atoms with van der Waals surface area (Å²) in [7, 11) is 0. The minimum atomic E-state index is 0.572. The van der Waals surface area contributed by atoms with Crippen molar-refractivity contribution in [1.29, 1.82) is 0 Å². The Hall–Kier alpha value is -1.95. The van der Waals surface area contributed by atoms with Gasteiger partial charge in [0.25, 0.3) is 0 Å². The standard InChI is InChI=1S/C13H15N3O2S/c14-10-5-12-13(18-4-3-17-12)6-11(10)15-2-1-9-7-19-8-16-9/h5-8,15H,1-4,14H2. The predicted octanol–water partition coefficient (Wildman–Crippen LogP) is 2.15. The Morgan fingerprint density at radius 3 is 2.79 bits per heavy atom. The van der Waals surface area contributed by atoms with Gasteiger partial charge in [-0.25, -0.2) is 4.98 Å². The zero-order valence-corrected chi connectivity index (χ0v) is 11.2. The number of nitrogens with one attached hydrogen (secondary N) is 1. The number of anilines is 2. The highest BCUT2D eigenvalue weighted by atomic mass is 32.1. The number of hydrogen-bond donors (Lipinski definition) is 2. The van der Waals surface area contributed by atoms with Crippen LogP contribution in [0.1, 0.15) is 5.69 Å². The monoisotopic (exact) mass is 277 g/mol. The summed E-state index contributed by atoms with van der Waals surface area (Å²) in [6.07, 6.45) is 0.872. The number of fused-ring (bicyclic) bond motifs is 1. The summed E-state index contributed by atoms with van der Waals surface area (Å²) in [5.74, 6) is 1.46. The lowest BCUT2D eigenvalue weighted by Crippen LogP contribution is -2.16. The van der Waals surface area contributed by atoms with Crippen molar-refractivity contribution < 1.29 is 9.47 Å². The number of rotatable bonds is 4. The maximum absolute atomic E-state index is 5.99. The van der Waals surface area contributed by atoms with Gasteiger partial charge in [0.15, 0.2) is 11.5 Å². The maximum atomic E-state index is 5.99. The molecule has 0 aliphatic carbocycles. The molecule has 5 nitrogen and oxygen atoms in total. The first-order valence-electron chi connectivity index (χ1n) is 6.13. The van der Waals surface area contributed by atoms with Gasteiger partial charge in [0.2, 0.25) is 0 Å². The van der Waals surface area contributed by atoms with Crippen molar-refractivity contribution in [2.75, 3.05) is 30.8 Å². The van der Waals surface area contributed by atoms with Crippen LogP contribution in [-0.4, -0.2) is 24.7 Å². The highest BCUT2D eigenvalue weighted by molar-refractivity contribution is 7.07. The topological polar surface area (TPSA) is 69.4 Å². The van der Waals surface area contributed by atoms with E-state index in [1.165, 1.54) is 0 Å². The zero-order valence-electron chi connectivity index (χ0n) is 10.4. The number of nitrogens with two attached hydrogens (primary N) is 1. The molecule has 19 heavy (non-hydrogen) atoms. The molecular weight excluding hydrogens is 262 g/mol. The molecule has 6 heteroatoms. The fraction of sp³-hybridized carbons (Fsp3) is 0.308. The predicted molar refractivity (Wildman–Crippen MR) is 76.2 cm³/mol. The Morgan fingerprint density at radius 1 is 1.26 bits per heavy atom. The fourth-order valence-corrected chi connectivity index (χ4v) is 2.54. The molecule has 0 fully saturated rings. The van der Waals surface area contributed by atoms with Crippen LogP contribution in [0.25, 0.3) is 0 Å². The van der Waals surface area contributed by atoms with Crippen LogP contribution in [0.3, 0.4) is 0 Å². The van der Waals surface area contributed by atoms with Gasteiger partial charge in [0, 0.05) is 30.5 Å². The summed E-state index contributed by atoms with van der Waals surface area (Å²) < 4.78 is 11.0. The van der Waals surface area contributed by atoms with E-state index in [-0.39, 0.29) is 0 Å². The van der Waals surface area contributed by atoms with E-state index >= 15 is 0 Å². The molecule has 1 aromatic heterocycles. The van der Waals surface area contributed by atoms with Gasteiger partial charge in [-0.2, -0.15) is 0 Å². The highest BCUT2D eigenvalue weighted by Crippen LogP contribution is 2.36. The van der Waals surface area contributed by atoms with E-state index in [9.17, 15) is 0 Å². The molecule has 0 radical (unpaired) electrons. The average molecular weight is 277 g/mol. The van der Waals surface area contributed by atoms with Gasteiger partial charge in [0.1, 0.15) is 13.2 Å². The summed E-state index contributed by atoms with van der Waals surface area (Å²) in [6, 6.07) is 3.70. The number of nitrogen functional groups attached to an aromatic ring is 1. The number of nitrogens with zero attached hydrogens (tertiary/aromatic N) is 1. The Morgan fingerprint density at radius 2 is 2.05 bits per heavy atom. The summed E-state index contributed by atoms with van der Waals surface area (Å²) in [5.41, 5.74) is 10.5. The van der Waals surface area contributed by atoms with E-state index in [4.69, 9.17) is 15.2 Å². The Labute approximate surface area is 115 Å². The molecular formula is C13H15N3O2S. The number of benzene rings is 1. The first-order chi connectivity index (χ1) is 9.33. The van der Waals surface area contributed by atoms with Crippen LogP contribution < -0.4 is 20.5 Å². The van der Waals surface area contributed by atoms with E-state index in [2.05, 4.69) is 15.7 Å². The van der Waals surface area contributed by atoms with Crippen molar-refractivity contribution in [1.82, 2.24) is 4.98 Å². The summed E-state index contributed by atoms with van der Waals surface area (Å²) in [4.78, 5) is 4.24. The molecule has 0 spiro atoms. The number of ether oxygens (including phenoxy) is 2. The number of hydrogen-bond acceptors (Lipinski definition) is 6. The molecule has 0 atom stereocenters. The van der Waals surface area contributed by atoms with Crippen molar-refractivity contribution in [2.24, 2.45) is 0 Å². The van der Waals surface area contributed by atoms with E-state index < -0.39 is 0 Å². The van der Waals surface area contributed by atoms with Gasteiger partial charge in [-0.15, -0.1) is 11.3 Å². The minimum absolute atomic E-state index is 0.572. The van der Waals surface area contributed by atoms with Gasteiger partial charge in [0.05, 0.1) is 22.6 Å². The van der Waals surface area contributed by atoms with Crippen LogP contribution >= 0.6 is 11.3 Å². The molecule has 2 aromatic rings. The van der Waals surface area contributed by atoms with Crippen molar-refractivity contribution in [3.05, 3.63) is 28.7 Å². The van der Waals surface area contributed by atoms with E-state index in [1.54, 1.807) is 17.4 Å². The maximum Gasteiger partial charge on any atom is 0.163 e. The quantitative estimate of drug-likeness (QED) is 0.838. The average Bonchev–Trinajstić information content (AvgIpc) is 2.92. The second kappa shape index (κ2) is 5.36. The highest BCUT2D eigenvalue weighted by Gasteiger charge is 2.14. The third kappa shape index (κ3) is 2.73. The second-order valence-corrected chi connectivity index (χ2v) is 4.96. The molecule has 2 heterocycles. The summed E-state index contributed by atoms with van der Waals surface area (Å²) in [6.45, 7) is 1.94. The number of thiazole rings is 1. The fourth-order valence-electron chi connectivity index (χ4n) is 1.94. The smallest absolute Gasteiger partial charge is 0.163 e. The van der Waals surface area contributed by atoms with E-state index in [0.29, 0.717) is 24.7 Å². The first-order valence-corrected chi connectivity index (χ1v) is 7.07. The zero-order chi connectivity index (χ0) is 13.1. The molecule has 100 valence electrons. The Balaban J connectivity index is 1.67. The lowest BCUT2D eigenvalue weighted by molar-refractivity contribution is 0.172. The van der Waals surface area contributed by atoms with Crippen LogP contribution in [0.5, 0.6) is 11.5 Å². The SMILES string of the molecule is Nc1cc2c(cc1NCCc1cscn1)OCCO2. The third-order valence-corrected chi connectivity index (χ3v) is 3.53. The Bertz CT molecular complexity index is 557. The number of aromatic nitrogens is 1. The summed E-state index contributed by atoms with van der Waals surface area (Å²) in [5, 5.41) is 5.36. The lowest BCUT2D eigenvalue weighted by Gasteiger charge is -2.20. The van der Waals surface area contributed by atoms with Crippen molar-refractivity contribution in [3.8, 4) is 11.5 Å². The van der Waals surface area contributed by atoms with Gasteiger partial charge in [-0.1, -0.05) is 0 Å². The van der Waals surface area contributed by atoms with Gasteiger partial charge in [-0.05, 0) is 0 Å². The van der Waals surface area contributed by atoms with Gasteiger partial charge >= 0.3 is 0 Å². The molecule has 0 amide bonds. The van der Waals surface area contributed by atoms with Crippen molar-refractivity contribution in [3.63, 3.8) is 0 Å². The Kier molecular flexibility index (Phi) is 3.41. The lowest BCUT2D eigenvalue weighted by atomic mass is 10.2. The molecule has 1 aromatic carbocycles. The molecule has 0 bridgehead atoms. The molecule has 1 aliphatic heterocycles. The van der Waals surface area contributed by atoms with E-state index in [1.807, 2.05) is 11.6 Å². The van der Waals surface area contributed by atoms with Crippen LogP contribution in [-0.2, 0) is 6.42 Å². The second-order valence-electron chi connectivity index (χ2n) is 4.24. The normalized spacial score (nSPS) is 13.3. The molecule has 3 N–H and O–H groups in total. The van der Waals surface area contributed by atoms with Crippen molar-refractivity contribution in [2.45, 2.75) is 6.42 Å². The minimum Gasteiger partial charge on any atom is -0.486 e. The van der Waals surface area contributed by atoms with Gasteiger partial charge < -0.3 is 20.5 Å². The molecule has 1 aliphatic rings. The summed E-state index contributed by atoms with van der Waals surface area (Å²) >= 11 is 1.61. The van der Waals surface area contributed by atoms with Crippen LogP contribution in [0.2, 0.25) is 0 Å². The molecule has 0 saturated carbocycles. The molecule has 0 saturated heterocycles. The van der Waals surface area contributed by atoms with Crippen LogP contribution in [0, 0.1) is 0 Å². The van der Waals surface area contributed by atoms with Gasteiger partial charge in [-0.3, -0.25) is 0 Å². The molecule has 0 unspecified atom stereocenters. The first kappa shape index (κ1) is 12.1. The largest absolute Gasteiger partial charge is 0.486 e. The van der Waals surface area contributed by atoms with Crippen LogP contribution in [0.15, 0.2) is 23.0 Å². The third-order valence-electron chi connectivity index (χ3n) is 2.89. The van der Waals surface area contributed by atoms with Crippen molar-refractivity contribution >= 4 is 22.7 Å².